The largest absolute Gasteiger partial charge is 0.324 e. The molecular formula is C11H8ClN3O2. The van der Waals surface area contributed by atoms with Crippen LogP contribution >= 0.6 is 11.6 Å². The molecule has 2 rings (SSSR count). The minimum absolute atomic E-state index is 0.0369. The fourth-order valence-electron chi connectivity index (χ4n) is 1.56. The SMILES string of the molecule is N#Cc1ccc(CN2CC(=O)NC2=O)c(Cl)c1. The molecule has 3 amide bonds. The minimum atomic E-state index is -0.421. The third-order valence-electron chi connectivity index (χ3n) is 2.41. The lowest BCUT2D eigenvalue weighted by Crippen LogP contribution is -2.27. The number of halogens is 1. The topological polar surface area (TPSA) is 73.2 Å². The Balaban J connectivity index is 2.17. The van der Waals surface area contributed by atoms with Gasteiger partial charge in [0.15, 0.2) is 0 Å². The van der Waals surface area contributed by atoms with Gasteiger partial charge in [-0.1, -0.05) is 17.7 Å². The van der Waals surface area contributed by atoms with Crippen molar-refractivity contribution >= 4 is 23.5 Å². The maximum Gasteiger partial charge on any atom is 0.324 e. The molecule has 0 unspecified atom stereocenters. The third-order valence-corrected chi connectivity index (χ3v) is 2.76. The van der Waals surface area contributed by atoms with E-state index in [1.807, 2.05) is 6.07 Å². The summed E-state index contributed by atoms with van der Waals surface area (Å²) in [7, 11) is 0. The van der Waals surface area contributed by atoms with Gasteiger partial charge in [-0.15, -0.1) is 0 Å². The van der Waals surface area contributed by atoms with E-state index in [-0.39, 0.29) is 19.0 Å². The molecule has 0 atom stereocenters. The molecule has 0 aliphatic carbocycles. The first-order chi connectivity index (χ1) is 8.10. The standard InChI is InChI=1S/C11H8ClN3O2/c12-9-3-7(4-13)1-2-8(9)5-15-6-10(16)14-11(15)17/h1-3H,5-6H2,(H,14,16,17). The summed E-state index contributed by atoms with van der Waals surface area (Å²) in [5.74, 6) is -0.320. The van der Waals surface area contributed by atoms with E-state index < -0.39 is 6.03 Å². The van der Waals surface area contributed by atoms with Crippen LogP contribution in [0.4, 0.5) is 4.79 Å². The van der Waals surface area contributed by atoms with Crippen LogP contribution in [0.25, 0.3) is 0 Å². The maximum absolute atomic E-state index is 11.3. The molecule has 1 saturated heterocycles. The number of nitriles is 1. The van der Waals surface area contributed by atoms with Gasteiger partial charge in [-0.3, -0.25) is 10.1 Å². The number of benzene rings is 1. The van der Waals surface area contributed by atoms with Crippen LogP contribution in [0.3, 0.4) is 0 Å². The molecule has 1 aliphatic rings. The van der Waals surface area contributed by atoms with E-state index in [4.69, 9.17) is 16.9 Å². The van der Waals surface area contributed by atoms with Crippen LogP contribution < -0.4 is 5.32 Å². The summed E-state index contributed by atoms with van der Waals surface area (Å²) >= 11 is 5.98. The lowest BCUT2D eigenvalue weighted by Gasteiger charge is -2.14. The molecule has 1 aromatic carbocycles. The quantitative estimate of drug-likeness (QED) is 0.802. The Morgan fingerprint density at radius 2 is 2.24 bits per heavy atom. The summed E-state index contributed by atoms with van der Waals surface area (Å²) in [5.41, 5.74) is 1.16. The Labute approximate surface area is 103 Å². The summed E-state index contributed by atoms with van der Waals surface area (Å²) < 4.78 is 0. The smallest absolute Gasteiger partial charge is 0.311 e. The first-order valence-electron chi connectivity index (χ1n) is 4.87. The zero-order valence-corrected chi connectivity index (χ0v) is 9.49. The molecule has 1 fully saturated rings. The molecule has 6 heteroatoms. The van der Waals surface area contributed by atoms with Crippen molar-refractivity contribution in [3.8, 4) is 6.07 Å². The van der Waals surface area contributed by atoms with Crippen LogP contribution in [0.15, 0.2) is 18.2 Å². The highest BCUT2D eigenvalue weighted by molar-refractivity contribution is 6.31. The third kappa shape index (κ3) is 2.37. The highest BCUT2D eigenvalue weighted by Gasteiger charge is 2.26. The number of nitrogens with zero attached hydrogens (tertiary/aromatic N) is 2. The molecule has 0 spiro atoms. The van der Waals surface area contributed by atoms with Gasteiger partial charge >= 0.3 is 6.03 Å². The van der Waals surface area contributed by atoms with Crippen LogP contribution in [0.5, 0.6) is 0 Å². The first-order valence-corrected chi connectivity index (χ1v) is 5.25. The number of hydrogen-bond donors (Lipinski definition) is 1. The van der Waals surface area contributed by atoms with Gasteiger partial charge in [0.05, 0.1) is 11.6 Å². The first kappa shape index (κ1) is 11.4. The van der Waals surface area contributed by atoms with Crippen molar-refractivity contribution < 1.29 is 9.59 Å². The number of nitrogens with one attached hydrogen (secondary N) is 1. The second kappa shape index (κ2) is 4.44. The molecule has 1 aliphatic heterocycles. The maximum atomic E-state index is 11.3. The number of amides is 3. The number of rotatable bonds is 2. The molecule has 1 aromatic rings. The molecule has 1 N–H and O–H groups in total. The summed E-state index contributed by atoms with van der Waals surface area (Å²) in [6.07, 6.45) is 0. The van der Waals surface area contributed by atoms with Crippen LogP contribution in [0.2, 0.25) is 5.02 Å². The molecule has 1 heterocycles. The minimum Gasteiger partial charge on any atom is -0.311 e. The Hall–Kier alpha value is -2.06. The Morgan fingerprint density at radius 1 is 1.47 bits per heavy atom. The van der Waals surface area contributed by atoms with E-state index in [0.717, 1.165) is 0 Å². The molecule has 0 bridgehead atoms. The average molecular weight is 250 g/mol. The Bertz CT molecular complexity index is 536. The molecule has 17 heavy (non-hydrogen) atoms. The molecule has 5 nitrogen and oxygen atoms in total. The fourth-order valence-corrected chi connectivity index (χ4v) is 1.80. The van der Waals surface area contributed by atoms with Gasteiger partial charge in [-0.25, -0.2) is 4.79 Å². The fraction of sp³-hybridized carbons (Fsp3) is 0.182. The number of imide groups is 1. The molecular weight excluding hydrogens is 242 g/mol. The van der Waals surface area contributed by atoms with Gasteiger partial charge in [-0.05, 0) is 17.7 Å². The van der Waals surface area contributed by atoms with Gasteiger partial charge in [0, 0.05) is 11.6 Å². The summed E-state index contributed by atoms with van der Waals surface area (Å²) in [4.78, 5) is 23.7. The number of carbonyl (C=O) groups excluding carboxylic acids is 2. The van der Waals surface area contributed by atoms with E-state index in [1.54, 1.807) is 12.1 Å². The summed E-state index contributed by atoms with van der Waals surface area (Å²) in [6.45, 7) is 0.289. The van der Waals surface area contributed by atoms with Crippen LogP contribution in [0.1, 0.15) is 11.1 Å². The second-order valence-corrected chi connectivity index (χ2v) is 4.03. The van der Waals surface area contributed by atoms with Crippen LogP contribution in [-0.2, 0) is 11.3 Å². The number of hydrogen-bond acceptors (Lipinski definition) is 3. The number of urea groups is 1. The lowest BCUT2D eigenvalue weighted by molar-refractivity contribution is -0.118. The van der Waals surface area contributed by atoms with E-state index in [1.165, 1.54) is 11.0 Å². The highest BCUT2D eigenvalue weighted by Crippen LogP contribution is 2.20. The van der Waals surface area contributed by atoms with Crippen molar-refractivity contribution in [1.29, 1.82) is 5.26 Å². The second-order valence-electron chi connectivity index (χ2n) is 3.63. The normalized spacial score (nSPS) is 14.7. The van der Waals surface area contributed by atoms with Crippen molar-refractivity contribution in [2.24, 2.45) is 0 Å². The van der Waals surface area contributed by atoms with Gasteiger partial charge in [0.25, 0.3) is 0 Å². The Morgan fingerprint density at radius 3 is 2.76 bits per heavy atom. The predicted molar refractivity (Wildman–Crippen MR) is 60.1 cm³/mol. The molecule has 0 radical (unpaired) electrons. The van der Waals surface area contributed by atoms with Crippen molar-refractivity contribution in [1.82, 2.24) is 10.2 Å². The van der Waals surface area contributed by atoms with Crippen LogP contribution in [0, 0.1) is 11.3 Å². The van der Waals surface area contributed by atoms with E-state index in [9.17, 15) is 9.59 Å². The zero-order chi connectivity index (χ0) is 12.4. The lowest BCUT2D eigenvalue weighted by atomic mass is 10.1. The molecule has 0 saturated carbocycles. The van der Waals surface area contributed by atoms with Crippen molar-refractivity contribution in [2.75, 3.05) is 6.54 Å². The van der Waals surface area contributed by atoms with Gasteiger partial charge in [-0.2, -0.15) is 5.26 Å². The van der Waals surface area contributed by atoms with Gasteiger partial charge < -0.3 is 4.90 Å². The van der Waals surface area contributed by atoms with Crippen LogP contribution in [-0.4, -0.2) is 23.4 Å². The molecule has 86 valence electrons. The average Bonchev–Trinajstić information content (AvgIpc) is 2.60. The Kier molecular flexibility index (Phi) is 2.98. The van der Waals surface area contributed by atoms with E-state index in [2.05, 4.69) is 5.32 Å². The van der Waals surface area contributed by atoms with E-state index >= 15 is 0 Å². The zero-order valence-electron chi connectivity index (χ0n) is 8.74. The summed E-state index contributed by atoms with van der Waals surface area (Å²) in [6, 6.07) is 6.39. The van der Waals surface area contributed by atoms with Crippen molar-refractivity contribution in [3.05, 3.63) is 34.3 Å². The van der Waals surface area contributed by atoms with Gasteiger partial charge in [0.2, 0.25) is 5.91 Å². The highest BCUT2D eigenvalue weighted by atomic mass is 35.5. The van der Waals surface area contributed by atoms with Crippen molar-refractivity contribution in [3.63, 3.8) is 0 Å². The summed E-state index contributed by atoms with van der Waals surface area (Å²) in [5, 5.41) is 11.3. The predicted octanol–water partition coefficient (Wildman–Crippen LogP) is 1.26. The number of carbonyl (C=O) groups is 2. The van der Waals surface area contributed by atoms with E-state index in [0.29, 0.717) is 16.1 Å². The monoisotopic (exact) mass is 249 g/mol. The van der Waals surface area contributed by atoms with Crippen molar-refractivity contribution in [2.45, 2.75) is 6.54 Å². The van der Waals surface area contributed by atoms with Gasteiger partial charge in [0.1, 0.15) is 6.54 Å². The molecule has 0 aromatic heterocycles.